The van der Waals surface area contributed by atoms with Crippen LogP contribution in [0.3, 0.4) is 0 Å². The standard InChI is InChI=1S/C22H28N2O2/c1-5-18-8-7-9-19(6-2)22(18)24(17(4)25)15-14-21(26)23-20-12-10-16(3)11-13-20/h7-13H,5-6,14-15H2,1-4H3,(H,23,26). The number of benzene rings is 2. The van der Waals surface area contributed by atoms with Crippen LogP contribution in [0.15, 0.2) is 42.5 Å². The molecule has 0 heterocycles. The Bertz CT molecular complexity index is 744. The molecule has 0 bridgehead atoms. The third kappa shape index (κ3) is 4.94. The average Bonchev–Trinajstić information content (AvgIpc) is 2.63. The molecule has 138 valence electrons. The number of anilines is 2. The first-order valence-electron chi connectivity index (χ1n) is 9.21. The molecule has 2 amide bonds. The van der Waals surface area contributed by atoms with Crippen molar-refractivity contribution < 1.29 is 9.59 Å². The predicted molar refractivity (Wildman–Crippen MR) is 108 cm³/mol. The van der Waals surface area contributed by atoms with Gasteiger partial charge in [-0.1, -0.05) is 49.7 Å². The first kappa shape index (κ1) is 19.7. The quantitative estimate of drug-likeness (QED) is 0.797. The van der Waals surface area contributed by atoms with Crippen LogP contribution in [0, 0.1) is 6.92 Å². The maximum atomic E-state index is 12.3. The lowest BCUT2D eigenvalue weighted by Crippen LogP contribution is -2.33. The molecule has 2 aromatic rings. The van der Waals surface area contributed by atoms with Gasteiger partial charge in [-0.05, 0) is 43.0 Å². The number of carbonyl (C=O) groups is 2. The van der Waals surface area contributed by atoms with E-state index in [4.69, 9.17) is 0 Å². The fourth-order valence-electron chi connectivity index (χ4n) is 3.06. The molecule has 2 aromatic carbocycles. The number of nitrogens with one attached hydrogen (secondary N) is 1. The molecule has 0 aliphatic carbocycles. The second kappa shape index (κ2) is 9.18. The molecule has 4 nitrogen and oxygen atoms in total. The molecular weight excluding hydrogens is 324 g/mol. The van der Waals surface area contributed by atoms with Crippen LogP contribution in [-0.4, -0.2) is 18.4 Å². The number of hydrogen-bond donors (Lipinski definition) is 1. The van der Waals surface area contributed by atoms with E-state index in [1.165, 1.54) is 0 Å². The van der Waals surface area contributed by atoms with Crippen molar-refractivity contribution in [1.82, 2.24) is 0 Å². The maximum absolute atomic E-state index is 12.3. The van der Waals surface area contributed by atoms with Gasteiger partial charge in [0.05, 0.1) is 0 Å². The lowest BCUT2D eigenvalue weighted by molar-refractivity contribution is -0.117. The summed E-state index contributed by atoms with van der Waals surface area (Å²) < 4.78 is 0. The van der Waals surface area contributed by atoms with Crippen molar-refractivity contribution in [3.8, 4) is 0 Å². The Kier molecular flexibility index (Phi) is 6.96. The molecule has 0 aromatic heterocycles. The zero-order valence-electron chi connectivity index (χ0n) is 16.1. The van der Waals surface area contributed by atoms with Crippen LogP contribution in [0.5, 0.6) is 0 Å². The van der Waals surface area contributed by atoms with Crippen LogP contribution < -0.4 is 10.2 Å². The topological polar surface area (TPSA) is 49.4 Å². The van der Waals surface area contributed by atoms with E-state index in [0.29, 0.717) is 6.54 Å². The van der Waals surface area contributed by atoms with E-state index in [2.05, 4.69) is 31.3 Å². The van der Waals surface area contributed by atoms with Gasteiger partial charge in [0.2, 0.25) is 11.8 Å². The van der Waals surface area contributed by atoms with Gasteiger partial charge in [-0.3, -0.25) is 9.59 Å². The third-order valence-electron chi connectivity index (χ3n) is 4.51. The molecular formula is C22H28N2O2. The van der Waals surface area contributed by atoms with Crippen molar-refractivity contribution in [2.45, 2.75) is 47.0 Å². The molecule has 26 heavy (non-hydrogen) atoms. The highest BCUT2D eigenvalue weighted by Gasteiger charge is 2.19. The van der Waals surface area contributed by atoms with E-state index in [1.54, 1.807) is 11.8 Å². The smallest absolute Gasteiger partial charge is 0.226 e. The summed E-state index contributed by atoms with van der Waals surface area (Å²) in [5.74, 6) is -0.129. The second-order valence-corrected chi connectivity index (χ2v) is 6.47. The van der Waals surface area contributed by atoms with Crippen molar-refractivity contribution in [2.24, 2.45) is 0 Å². The minimum atomic E-state index is -0.0906. The van der Waals surface area contributed by atoms with Gasteiger partial charge in [0.25, 0.3) is 0 Å². The summed E-state index contributed by atoms with van der Waals surface area (Å²) in [6.07, 6.45) is 1.96. The molecule has 0 aliphatic heterocycles. The van der Waals surface area contributed by atoms with Gasteiger partial charge in [-0.25, -0.2) is 0 Å². The van der Waals surface area contributed by atoms with Gasteiger partial charge in [0, 0.05) is 31.3 Å². The van der Waals surface area contributed by atoms with Gasteiger partial charge in [0.1, 0.15) is 0 Å². The molecule has 4 heteroatoms. The Morgan fingerprint density at radius 2 is 1.54 bits per heavy atom. The predicted octanol–water partition coefficient (Wildman–Crippen LogP) is 4.50. The maximum Gasteiger partial charge on any atom is 0.226 e. The highest BCUT2D eigenvalue weighted by Crippen LogP contribution is 2.27. The molecule has 0 saturated heterocycles. The molecule has 1 N–H and O–H groups in total. The molecule has 2 rings (SSSR count). The Morgan fingerprint density at radius 3 is 2.04 bits per heavy atom. The summed E-state index contributed by atoms with van der Waals surface area (Å²) in [5.41, 5.74) is 5.16. The summed E-state index contributed by atoms with van der Waals surface area (Å²) in [5, 5.41) is 2.90. The first-order valence-corrected chi connectivity index (χ1v) is 9.21. The largest absolute Gasteiger partial charge is 0.326 e. The monoisotopic (exact) mass is 352 g/mol. The summed E-state index contributed by atoms with van der Waals surface area (Å²) in [6, 6.07) is 13.8. The normalized spacial score (nSPS) is 10.5. The van der Waals surface area contributed by atoms with Gasteiger partial charge >= 0.3 is 0 Å². The number of amides is 2. The fraction of sp³-hybridized carbons (Fsp3) is 0.364. The number of para-hydroxylation sites is 1. The van der Waals surface area contributed by atoms with Crippen LogP contribution in [0.1, 0.15) is 43.9 Å². The van der Waals surface area contributed by atoms with Crippen molar-refractivity contribution in [1.29, 1.82) is 0 Å². The first-order chi connectivity index (χ1) is 12.5. The van der Waals surface area contributed by atoms with Crippen LogP contribution >= 0.6 is 0 Å². The van der Waals surface area contributed by atoms with Gasteiger partial charge in [-0.2, -0.15) is 0 Å². The number of hydrogen-bond acceptors (Lipinski definition) is 2. The van der Waals surface area contributed by atoms with Gasteiger partial charge < -0.3 is 10.2 Å². The lowest BCUT2D eigenvalue weighted by Gasteiger charge is -2.26. The van der Waals surface area contributed by atoms with E-state index in [9.17, 15) is 9.59 Å². The van der Waals surface area contributed by atoms with Crippen molar-refractivity contribution in [3.05, 3.63) is 59.2 Å². The van der Waals surface area contributed by atoms with E-state index >= 15 is 0 Å². The zero-order chi connectivity index (χ0) is 19.1. The van der Waals surface area contributed by atoms with Crippen LogP contribution in [0.2, 0.25) is 0 Å². The number of aryl methyl sites for hydroxylation is 3. The van der Waals surface area contributed by atoms with Crippen LogP contribution in [0.25, 0.3) is 0 Å². The lowest BCUT2D eigenvalue weighted by atomic mass is 10.0. The summed E-state index contributed by atoms with van der Waals surface area (Å²) >= 11 is 0. The summed E-state index contributed by atoms with van der Waals surface area (Å²) in [7, 11) is 0. The van der Waals surface area contributed by atoms with Crippen molar-refractivity contribution in [2.75, 3.05) is 16.8 Å². The molecule has 0 radical (unpaired) electrons. The Balaban J connectivity index is 2.13. The zero-order valence-corrected chi connectivity index (χ0v) is 16.1. The van der Waals surface area contributed by atoms with Crippen LogP contribution in [-0.2, 0) is 22.4 Å². The van der Waals surface area contributed by atoms with Crippen molar-refractivity contribution >= 4 is 23.2 Å². The molecule has 0 spiro atoms. The van der Waals surface area contributed by atoms with E-state index < -0.39 is 0 Å². The van der Waals surface area contributed by atoms with E-state index in [-0.39, 0.29) is 18.2 Å². The number of nitrogens with zero attached hydrogens (tertiary/aromatic N) is 1. The molecule has 0 fully saturated rings. The molecule has 0 saturated carbocycles. The Morgan fingerprint density at radius 1 is 0.962 bits per heavy atom. The second-order valence-electron chi connectivity index (χ2n) is 6.47. The molecule has 0 unspecified atom stereocenters. The minimum Gasteiger partial charge on any atom is -0.326 e. The van der Waals surface area contributed by atoms with Crippen LogP contribution in [0.4, 0.5) is 11.4 Å². The van der Waals surface area contributed by atoms with Gasteiger partial charge in [-0.15, -0.1) is 0 Å². The minimum absolute atomic E-state index is 0.0382. The Labute approximate surface area is 156 Å². The van der Waals surface area contributed by atoms with E-state index in [1.807, 2.05) is 37.3 Å². The SMILES string of the molecule is CCc1cccc(CC)c1N(CCC(=O)Nc1ccc(C)cc1)C(C)=O. The highest BCUT2D eigenvalue weighted by molar-refractivity contribution is 5.96. The molecule has 0 atom stereocenters. The summed E-state index contributed by atoms with van der Waals surface area (Å²) in [4.78, 5) is 26.3. The number of carbonyl (C=O) groups excluding carboxylic acids is 2. The molecule has 0 aliphatic rings. The van der Waals surface area contributed by atoms with Crippen molar-refractivity contribution in [3.63, 3.8) is 0 Å². The van der Waals surface area contributed by atoms with E-state index in [0.717, 1.165) is 40.9 Å². The van der Waals surface area contributed by atoms with Gasteiger partial charge in [0.15, 0.2) is 0 Å². The summed E-state index contributed by atoms with van der Waals surface area (Å²) in [6.45, 7) is 8.11. The third-order valence-corrected chi connectivity index (χ3v) is 4.51. The fourth-order valence-corrected chi connectivity index (χ4v) is 3.06. The highest BCUT2D eigenvalue weighted by atomic mass is 16.2. The average molecular weight is 352 g/mol. The Hall–Kier alpha value is -2.62. The number of rotatable bonds is 7.